The summed E-state index contributed by atoms with van der Waals surface area (Å²) >= 11 is 0. The maximum absolute atomic E-state index is 3.91. The first-order valence-corrected chi connectivity index (χ1v) is 6.98. The largest absolute Gasteiger partial charge is 0.311 e. The third kappa shape index (κ3) is 2.96. The molecule has 1 heterocycles. The minimum atomic E-state index is 0.556. The molecular weight excluding hydrogens is 182 g/mol. The molecule has 0 radical (unpaired) electrons. The predicted octanol–water partition coefficient (Wildman–Crippen LogP) is 3.74. The highest BCUT2D eigenvalue weighted by molar-refractivity contribution is 5.01. The minimum Gasteiger partial charge on any atom is -0.311 e. The Hall–Kier alpha value is -0.0400. The third-order valence-electron chi connectivity index (χ3n) is 4.30. The highest BCUT2D eigenvalue weighted by atomic mass is 15.0. The molecule has 0 bridgehead atoms. The average molecular weight is 209 g/mol. The molecule has 0 spiro atoms. The number of nitrogens with one attached hydrogen (secondary N) is 1. The van der Waals surface area contributed by atoms with Gasteiger partial charge in [-0.05, 0) is 56.9 Å². The van der Waals surface area contributed by atoms with E-state index >= 15 is 0 Å². The van der Waals surface area contributed by atoms with Crippen molar-refractivity contribution in [1.29, 1.82) is 0 Å². The van der Waals surface area contributed by atoms with Crippen molar-refractivity contribution in [2.45, 2.75) is 70.8 Å². The molecule has 1 saturated carbocycles. The summed E-state index contributed by atoms with van der Waals surface area (Å²) < 4.78 is 0. The molecule has 0 amide bonds. The quantitative estimate of drug-likeness (QED) is 0.744. The molecule has 1 saturated heterocycles. The molecule has 15 heavy (non-hydrogen) atoms. The van der Waals surface area contributed by atoms with Gasteiger partial charge in [0, 0.05) is 5.54 Å². The predicted molar refractivity (Wildman–Crippen MR) is 66.0 cm³/mol. The number of hydrogen-bond donors (Lipinski definition) is 1. The van der Waals surface area contributed by atoms with E-state index in [1.807, 2.05) is 0 Å². The van der Waals surface area contributed by atoms with E-state index < -0.39 is 0 Å². The first-order valence-electron chi connectivity index (χ1n) is 6.98. The van der Waals surface area contributed by atoms with Crippen LogP contribution in [0.25, 0.3) is 0 Å². The van der Waals surface area contributed by atoms with Gasteiger partial charge in [-0.25, -0.2) is 0 Å². The van der Waals surface area contributed by atoms with Crippen molar-refractivity contribution in [3.05, 3.63) is 0 Å². The van der Waals surface area contributed by atoms with Crippen molar-refractivity contribution in [3.63, 3.8) is 0 Å². The number of rotatable bonds is 4. The van der Waals surface area contributed by atoms with Gasteiger partial charge in [-0.3, -0.25) is 0 Å². The van der Waals surface area contributed by atoms with Crippen LogP contribution in [0.15, 0.2) is 0 Å². The van der Waals surface area contributed by atoms with Crippen LogP contribution < -0.4 is 5.32 Å². The second-order valence-corrected chi connectivity index (χ2v) is 6.10. The van der Waals surface area contributed by atoms with E-state index in [1.54, 1.807) is 0 Å². The van der Waals surface area contributed by atoms with Gasteiger partial charge in [0.2, 0.25) is 0 Å². The molecule has 2 fully saturated rings. The first kappa shape index (κ1) is 11.4. The lowest BCUT2D eigenvalue weighted by atomic mass is 9.82. The topological polar surface area (TPSA) is 12.0 Å². The molecule has 1 aliphatic heterocycles. The van der Waals surface area contributed by atoms with Crippen molar-refractivity contribution in [3.8, 4) is 0 Å². The molecule has 0 aromatic carbocycles. The van der Waals surface area contributed by atoms with Crippen LogP contribution in [0.4, 0.5) is 0 Å². The molecule has 1 heteroatoms. The van der Waals surface area contributed by atoms with E-state index in [1.165, 1.54) is 57.9 Å². The second kappa shape index (κ2) is 4.86. The molecule has 0 aromatic heterocycles. The Morgan fingerprint density at radius 3 is 2.67 bits per heavy atom. The fraction of sp³-hybridized carbons (Fsp3) is 1.00. The lowest BCUT2D eigenvalue weighted by Crippen LogP contribution is -2.46. The van der Waals surface area contributed by atoms with Crippen LogP contribution in [-0.4, -0.2) is 12.1 Å². The van der Waals surface area contributed by atoms with Crippen LogP contribution in [0.3, 0.4) is 0 Å². The van der Waals surface area contributed by atoms with Gasteiger partial charge in [-0.2, -0.15) is 0 Å². The van der Waals surface area contributed by atoms with Crippen molar-refractivity contribution >= 4 is 0 Å². The Bertz CT molecular complexity index is 186. The van der Waals surface area contributed by atoms with Gasteiger partial charge in [0.15, 0.2) is 0 Å². The summed E-state index contributed by atoms with van der Waals surface area (Å²) in [7, 11) is 0. The van der Waals surface area contributed by atoms with E-state index in [0.717, 1.165) is 11.8 Å². The van der Waals surface area contributed by atoms with Crippen molar-refractivity contribution in [2.24, 2.45) is 11.8 Å². The van der Waals surface area contributed by atoms with Crippen LogP contribution in [0.1, 0.15) is 65.2 Å². The minimum absolute atomic E-state index is 0.556. The number of hydrogen-bond acceptors (Lipinski definition) is 1. The van der Waals surface area contributed by atoms with E-state index in [0.29, 0.717) is 5.54 Å². The zero-order chi connectivity index (χ0) is 10.7. The maximum atomic E-state index is 3.91. The summed E-state index contributed by atoms with van der Waals surface area (Å²) in [6, 6.07) is 0. The Kier molecular flexibility index (Phi) is 3.71. The van der Waals surface area contributed by atoms with Crippen LogP contribution in [0.2, 0.25) is 0 Å². The molecule has 1 atom stereocenters. The van der Waals surface area contributed by atoms with Gasteiger partial charge < -0.3 is 5.32 Å². The van der Waals surface area contributed by atoms with Gasteiger partial charge in [-0.15, -0.1) is 0 Å². The SMILES string of the molecule is CC(C)CCC1(C2CC2)CCCCCN1. The standard InChI is InChI=1S/C14H27N/c1-12(2)8-10-14(13-6-7-13)9-4-3-5-11-15-14/h12-13,15H,3-11H2,1-2H3. The van der Waals surface area contributed by atoms with E-state index in [-0.39, 0.29) is 0 Å². The normalized spacial score (nSPS) is 33.0. The highest BCUT2D eigenvalue weighted by Crippen LogP contribution is 2.46. The molecule has 1 N–H and O–H groups in total. The van der Waals surface area contributed by atoms with Crippen LogP contribution in [-0.2, 0) is 0 Å². The Balaban J connectivity index is 1.94. The Morgan fingerprint density at radius 2 is 2.00 bits per heavy atom. The van der Waals surface area contributed by atoms with Gasteiger partial charge in [0.1, 0.15) is 0 Å². The van der Waals surface area contributed by atoms with Crippen LogP contribution >= 0.6 is 0 Å². The Labute approximate surface area is 95.0 Å². The molecule has 1 aliphatic carbocycles. The smallest absolute Gasteiger partial charge is 0.0209 e. The summed E-state index contributed by atoms with van der Waals surface area (Å²) in [5.74, 6) is 1.89. The highest BCUT2D eigenvalue weighted by Gasteiger charge is 2.44. The van der Waals surface area contributed by atoms with Gasteiger partial charge in [0.05, 0.1) is 0 Å². The van der Waals surface area contributed by atoms with Gasteiger partial charge in [-0.1, -0.05) is 26.7 Å². The molecule has 1 nitrogen and oxygen atoms in total. The van der Waals surface area contributed by atoms with E-state index in [2.05, 4.69) is 19.2 Å². The molecule has 0 aromatic rings. The zero-order valence-electron chi connectivity index (χ0n) is 10.5. The average Bonchev–Trinajstić information content (AvgIpc) is 3.02. The lowest BCUT2D eigenvalue weighted by molar-refractivity contribution is 0.237. The monoisotopic (exact) mass is 209 g/mol. The van der Waals surface area contributed by atoms with Crippen LogP contribution in [0.5, 0.6) is 0 Å². The summed E-state index contributed by atoms with van der Waals surface area (Å²) in [5, 5.41) is 3.91. The van der Waals surface area contributed by atoms with Gasteiger partial charge >= 0.3 is 0 Å². The summed E-state index contributed by atoms with van der Waals surface area (Å²) in [6.45, 7) is 5.99. The molecular formula is C14H27N. The van der Waals surface area contributed by atoms with E-state index in [4.69, 9.17) is 0 Å². The zero-order valence-corrected chi connectivity index (χ0v) is 10.5. The maximum Gasteiger partial charge on any atom is 0.0209 e. The van der Waals surface area contributed by atoms with Crippen molar-refractivity contribution in [1.82, 2.24) is 5.32 Å². The summed E-state index contributed by atoms with van der Waals surface area (Å²) in [5.41, 5.74) is 0.556. The Morgan fingerprint density at radius 1 is 1.20 bits per heavy atom. The lowest BCUT2D eigenvalue weighted by Gasteiger charge is -2.35. The second-order valence-electron chi connectivity index (χ2n) is 6.10. The van der Waals surface area contributed by atoms with Crippen LogP contribution in [0, 0.1) is 11.8 Å². The first-order chi connectivity index (χ1) is 7.23. The molecule has 2 rings (SSSR count). The molecule has 1 unspecified atom stereocenters. The fourth-order valence-corrected chi connectivity index (χ4v) is 3.12. The molecule has 2 aliphatic rings. The summed E-state index contributed by atoms with van der Waals surface area (Å²) in [6.07, 6.45) is 11.6. The molecule has 88 valence electrons. The van der Waals surface area contributed by atoms with Crippen molar-refractivity contribution < 1.29 is 0 Å². The fourth-order valence-electron chi connectivity index (χ4n) is 3.12. The van der Waals surface area contributed by atoms with E-state index in [9.17, 15) is 0 Å². The summed E-state index contributed by atoms with van der Waals surface area (Å²) in [4.78, 5) is 0. The third-order valence-corrected chi connectivity index (χ3v) is 4.30. The van der Waals surface area contributed by atoms with Gasteiger partial charge in [0.25, 0.3) is 0 Å². The van der Waals surface area contributed by atoms with Crippen molar-refractivity contribution in [2.75, 3.05) is 6.54 Å².